The zero-order valence-electron chi connectivity index (χ0n) is 47.6. The predicted molar refractivity (Wildman–Crippen MR) is 278 cm³/mol. The monoisotopic (exact) mass is 1270 g/mol. The van der Waals surface area contributed by atoms with Crippen LogP contribution in [0.3, 0.4) is 0 Å². The highest BCUT2D eigenvalue weighted by molar-refractivity contribution is 5.75. The Balaban J connectivity index is 0.000000661. The number of hydrogen-bond acceptors (Lipinski definition) is 19. The number of hydrogen-bond donors (Lipinski definition) is 12. The average molecular weight is 1270 g/mol. The standard InChI is InChI=1S/C29H39NO7.2C12H20F2N2O7.2ClH/c1-5-24-21(4)27(35-18-22-13-9-7-10-14-22)28(36-19-23-15-11-8-12-16-23)25(37-24)17-20(3)26(30(32)33)29(31)34-6-2;2*1-4(18)16-7-9(20)8(19)6(3-17)23-10(7)12(13,14)2-5(15)11(21)22;;/h7-16,20-21,24-28H,5-6,17-19H2,1-4H3;2*5-10,17,19-20H,2-3,15H2,1H3,(H,16,18)(H,21,22);2*1H/t20?,21-,24+,25-,26?,27-,28-;5-,6+,7+,8-,9+,10-;5-,6-,7-,8+,9-,10+;;/m001../s1. The lowest BCUT2D eigenvalue weighted by Gasteiger charge is -2.46. The van der Waals surface area contributed by atoms with Crippen molar-refractivity contribution in [2.45, 2.75) is 196 Å². The zero-order valence-corrected chi connectivity index (χ0v) is 49.1. The van der Waals surface area contributed by atoms with E-state index in [0.717, 1.165) is 31.4 Å². The number of amides is 2. The Morgan fingerprint density at radius 2 is 1.06 bits per heavy atom. The molecule has 26 nitrogen and oxygen atoms in total. The second-order valence-electron chi connectivity index (χ2n) is 20.7. The molecular formula is C53H81Cl2F4N5O21. The maximum absolute atomic E-state index is 14.4. The first kappa shape index (κ1) is 78.0. The Bertz CT molecular complexity index is 2290. The van der Waals surface area contributed by atoms with Crippen molar-refractivity contribution in [2.75, 3.05) is 19.8 Å². The van der Waals surface area contributed by atoms with Crippen molar-refractivity contribution in [1.82, 2.24) is 10.6 Å². The normalized spacial score (nSPS) is 28.9. The molecule has 5 rings (SSSR count). The van der Waals surface area contributed by atoms with E-state index in [0.29, 0.717) is 13.2 Å². The number of halogens is 6. The van der Waals surface area contributed by atoms with Gasteiger partial charge in [-0.3, -0.25) is 19.7 Å². The molecule has 2 aromatic carbocycles. The summed E-state index contributed by atoms with van der Waals surface area (Å²) in [7, 11) is 0. The number of rotatable bonds is 25. The van der Waals surface area contributed by atoms with Gasteiger partial charge in [-0.1, -0.05) is 81.4 Å². The number of nitro groups is 1. The van der Waals surface area contributed by atoms with Crippen LogP contribution >= 0.6 is 0 Å². The van der Waals surface area contributed by atoms with Crippen LogP contribution < -0.4 is 46.9 Å². The molecule has 3 aliphatic rings. The number of aliphatic hydroxyl groups excluding tert-OH is 6. The first-order valence-electron chi connectivity index (χ1n) is 26.8. The molecule has 19 atom stereocenters. The van der Waals surface area contributed by atoms with Gasteiger partial charge in [-0.05, 0) is 30.9 Å². The van der Waals surface area contributed by atoms with Gasteiger partial charge >= 0.3 is 23.9 Å². The summed E-state index contributed by atoms with van der Waals surface area (Å²) in [6.07, 6.45) is -17.1. The second-order valence-corrected chi connectivity index (χ2v) is 20.7. The molecule has 0 aromatic heterocycles. The zero-order chi connectivity index (χ0) is 62.7. The molecule has 2 unspecified atom stereocenters. The Labute approximate surface area is 500 Å². The number of alkyl halides is 4. The summed E-state index contributed by atoms with van der Waals surface area (Å²) in [5.41, 5.74) is 8.25. The van der Waals surface area contributed by atoms with E-state index < -0.39 is 170 Å². The third-order valence-corrected chi connectivity index (χ3v) is 14.2. The molecule has 0 spiro atoms. The van der Waals surface area contributed by atoms with Crippen molar-refractivity contribution in [3.05, 3.63) is 81.9 Å². The highest BCUT2D eigenvalue weighted by atomic mass is 35.5. The minimum absolute atomic E-state index is 0. The summed E-state index contributed by atoms with van der Waals surface area (Å²) in [5.74, 6) is -13.6. The summed E-state index contributed by atoms with van der Waals surface area (Å²) >= 11 is 0. The van der Waals surface area contributed by atoms with Crippen molar-refractivity contribution < 1.29 is 152 Å². The first-order chi connectivity index (χ1) is 38.9. The van der Waals surface area contributed by atoms with Crippen LogP contribution in [-0.4, -0.2) is 211 Å². The Hall–Kier alpha value is -5.03. The van der Waals surface area contributed by atoms with Crippen LogP contribution in [0, 0.1) is 22.0 Å². The Morgan fingerprint density at radius 3 is 1.39 bits per heavy atom. The van der Waals surface area contributed by atoms with E-state index in [2.05, 4.69) is 35.9 Å². The van der Waals surface area contributed by atoms with Gasteiger partial charge in [-0.15, -0.1) is 0 Å². The molecule has 0 radical (unpaired) electrons. The van der Waals surface area contributed by atoms with Gasteiger partial charge in [0.1, 0.15) is 54.9 Å². The van der Waals surface area contributed by atoms with Gasteiger partial charge in [-0.2, -0.15) is 0 Å². The van der Waals surface area contributed by atoms with Crippen LogP contribution in [0.2, 0.25) is 0 Å². The molecule has 2 amide bonds. The molecule has 16 N–H and O–H groups in total. The van der Waals surface area contributed by atoms with Crippen molar-refractivity contribution in [1.29, 1.82) is 0 Å². The van der Waals surface area contributed by atoms with Gasteiger partial charge in [-0.25, -0.2) is 31.9 Å². The highest BCUT2D eigenvalue weighted by Gasteiger charge is 2.58. The number of benzene rings is 2. The summed E-state index contributed by atoms with van der Waals surface area (Å²) < 4.78 is 91.8. The lowest BCUT2D eigenvalue weighted by atomic mass is 9.82. The van der Waals surface area contributed by atoms with Crippen LogP contribution in [0.1, 0.15) is 78.4 Å². The predicted octanol–water partition coefficient (Wildman–Crippen LogP) is -7.40. The van der Waals surface area contributed by atoms with Crippen molar-refractivity contribution in [3.8, 4) is 0 Å². The fourth-order valence-corrected chi connectivity index (χ4v) is 9.85. The molecular weight excluding hydrogens is 1190 g/mol. The number of carboxylic acid groups (broad SMARTS) is 2. The van der Waals surface area contributed by atoms with Crippen LogP contribution in [-0.2, 0) is 65.6 Å². The summed E-state index contributed by atoms with van der Waals surface area (Å²) in [5, 5.41) is 90.8. The fraction of sp³-hybridized carbons (Fsp3) is 0.679. The van der Waals surface area contributed by atoms with Crippen LogP contribution in [0.15, 0.2) is 60.7 Å². The lowest BCUT2D eigenvalue weighted by Crippen LogP contribution is -3.00. The van der Waals surface area contributed by atoms with E-state index in [-0.39, 0.29) is 56.0 Å². The fourth-order valence-electron chi connectivity index (χ4n) is 9.85. The maximum Gasteiger partial charge on any atom is 0.381 e. The molecule has 0 aliphatic carbocycles. The number of carbonyl (C=O) groups excluding carboxylic acids is 3. The molecule has 3 saturated heterocycles. The van der Waals surface area contributed by atoms with E-state index >= 15 is 0 Å². The minimum Gasteiger partial charge on any atom is -1.00 e. The molecule has 2 aromatic rings. The number of aliphatic carboxylic acids is 2. The van der Waals surface area contributed by atoms with Crippen molar-refractivity contribution in [2.24, 2.45) is 11.8 Å². The molecule has 85 heavy (non-hydrogen) atoms. The molecule has 3 aliphatic heterocycles. The maximum atomic E-state index is 14.4. The molecule has 0 saturated carbocycles. The minimum atomic E-state index is -3.79. The molecule has 3 fully saturated rings. The van der Waals surface area contributed by atoms with Gasteiger partial charge in [0.2, 0.25) is 11.8 Å². The number of nitrogens with zero attached hydrogens (tertiary/aromatic N) is 1. The van der Waals surface area contributed by atoms with Gasteiger partial charge in [0.15, 0.2) is 12.1 Å². The van der Waals surface area contributed by atoms with E-state index in [1.165, 1.54) is 0 Å². The van der Waals surface area contributed by atoms with E-state index in [4.69, 9.17) is 48.8 Å². The first-order valence-corrected chi connectivity index (χ1v) is 26.8. The SMILES string of the molecule is CC(=O)N[C@@H]1[C@@H](O)[C@@H](O)[C@@H](CO)O[C@@H]1C(F)(F)C[C@@H]([NH3+])C(=O)O.CC(=O)N[C@@H]1[C@@H](O)[C@@H](O)[C@@H](CO)O[C@@H]1C(F)(F)C[C@H]([NH3+])C(=O)O.CCOC(=O)C(C(C)C[C@@H]1O[C@H](CC)[C@H](C)[C@H](OCc2ccccc2)[C@H]1OCc1ccccc1)[N+](=O)[O-].[Cl-].[Cl-]. The van der Waals surface area contributed by atoms with E-state index in [1.807, 2.05) is 60.7 Å². The summed E-state index contributed by atoms with van der Waals surface area (Å²) in [6, 6.07) is 11.6. The molecule has 486 valence electrons. The lowest BCUT2D eigenvalue weighted by molar-refractivity contribution is -0.519. The number of ether oxygens (including phenoxy) is 6. The van der Waals surface area contributed by atoms with Gasteiger partial charge in [0.25, 0.3) is 11.8 Å². The second kappa shape index (κ2) is 36.3. The van der Waals surface area contributed by atoms with Crippen LogP contribution in [0.4, 0.5) is 17.6 Å². The third-order valence-electron chi connectivity index (χ3n) is 14.2. The average Bonchev–Trinajstić information content (AvgIpc) is 1.93. The number of esters is 1. The van der Waals surface area contributed by atoms with Crippen LogP contribution in [0.25, 0.3) is 0 Å². The number of carbonyl (C=O) groups is 5. The Kier molecular flexibility index (Phi) is 33.3. The Morgan fingerprint density at radius 1 is 0.671 bits per heavy atom. The highest BCUT2D eigenvalue weighted by Crippen LogP contribution is 2.38. The van der Waals surface area contributed by atoms with E-state index in [9.17, 15) is 72.1 Å². The van der Waals surface area contributed by atoms with Gasteiger partial charge in [0, 0.05) is 30.6 Å². The van der Waals surface area contributed by atoms with Crippen molar-refractivity contribution in [3.63, 3.8) is 0 Å². The molecule has 32 heteroatoms. The van der Waals surface area contributed by atoms with Crippen molar-refractivity contribution >= 4 is 29.7 Å². The number of carboxylic acids is 2. The molecule has 3 heterocycles. The summed E-state index contributed by atoms with van der Waals surface area (Å²) in [6.45, 7) is 8.70. The van der Waals surface area contributed by atoms with Gasteiger partial charge in [0.05, 0.1) is 76.3 Å². The third kappa shape index (κ3) is 22.6. The summed E-state index contributed by atoms with van der Waals surface area (Å²) in [4.78, 5) is 67.4. The number of aliphatic hydroxyl groups is 6. The van der Waals surface area contributed by atoms with E-state index in [1.54, 1.807) is 13.8 Å². The smallest absolute Gasteiger partial charge is 0.381 e. The quantitative estimate of drug-likeness (QED) is 0.0190. The molecule has 0 bridgehead atoms. The topological polar surface area (TPSA) is 425 Å². The number of nitrogens with one attached hydrogen (secondary N) is 2. The van der Waals surface area contributed by atoms with Crippen LogP contribution in [0.5, 0.6) is 0 Å². The van der Waals surface area contributed by atoms with Gasteiger partial charge < -0.3 is 116 Å². The largest absolute Gasteiger partial charge is 1.00 e. The number of quaternary nitrogens is 2.